The van der Waals surface area contributed by atoms with Gasteiger partial charge in [0, 0.05) is 11.9 Å². The Morgan fingerprint density at radius 1 is 1.37 bits per heavy atom. The van der Waals surface area contributed by atoms with Crippen molar-refractivity contribution in [3.63, 3.8) is 0 Å². The molecule has 0 aliphatic carbocycles. The standard InChI is InChI=1S/C13H12N4O2/c1-7-4-12(10(5-14)8(2)15-7)17-6-11(13(18)19)9(3)16-17/h4,6H,1-3H3,(H,18,19). The van der Waals surface area contributed by atoms with Gasteiger partial charge in [-0.05, 0) is 26.8 Å². The summed E-state index contributed by atoms with van der Waals surface area (Å²) in [6, 6.07) is 3.79. The number of carboxylic acids is 1. The summed E-state index contributed by atoms with van der Waals surface area (Å²) in [4.78, 5) is 15.2. The molecular formula is C13H12N4O2. The fourth-order valence-electron chi connectivity index (χ4n) is 1.92. The molecule has 19 heavy (non-hydrogen) atoms. The van der Waals surface area contributed by atoms with Gasteiger partial charge in [0.05, 0.1) is 22.6 Å². The van der Waals surface area contributed by atoms with Crippen molar-refractivity contribution in [2.24, 2.45) is 0 Å². The van der Waals surface area contributed by atoms with Crippen molar-refractivity contribution in [1.29, 1.82) is 5.26 Å². The molecule has 0 spiro atoms. The first kappa shape index (κ1) is 12.8. The highest BCUT2D eigenvalue weighted by Gasteiger charge is 2.16. The lowest BCUT2D eigenvalue weighted by molar-refractivity contribution is 0.0696. The summed E-state index contributed by atoms with van der Waals surface area (Å²) in [6.07, 6.45) is 1.41. The fourth-order valence-corrected chi connectivity index (χ4v) is 1.92. The van der Waals surface area contributed by atoms with Crippen LogP contribution in [0.1, 0.15) is 33.0 Å². The lowest BCUT2D eigenvalue weighted by Gasteiger charge is -2.07. The molecule has 0 atom stereocenters. The number of aryl methyl sites for hydroxylation is 3. The molecule has 0 saturated carbocycles. The van der Waals surface area contributed by atoms with E-state index in [-0.39, 0.29) is 5.56 Å². The minimum Gasteiger partial charge on any atom is -0.478 e. The van der Waals surface area contributed by atoms with Gasteiger partial charge in [-0.25, -0.2) is 9.48 Å². The van der Waals surface area contributed by atoms with Crippen LogP contribution >= 0.6 is 0 Å². The first-order valence-corrected chi connectivity index (χ1v) is 5.62. The molecule has 2 rings (SSSR count). The smallest absolute Gasteiger partial charge is 0.339 e. The number of aromatic nitrogens is 3. The molecular weight excluding hydrogens is 244 g/mol. The number of rotatable bonds is 2. The van der Waals surface area contributed by atoms with Crippen LogP contribution in [0.5, 0.6) is 0 Å². The maximum atomic E-state index is 11.0. The summed E-state index contributed by atoms with van der Waals surface area (Å²) in [6.45, 7) is 5.17. The van der Waals surface area contributed by atoms with Gasteiger partial charge in [-0.3, -0.25) is 4.98 Å². The highest BCUT2D eigenvalue weighted by atomic mass is 16.4. The van der Waals surface area contributed by atoms with Crippen molar-refractivity contribution in [3.8, 4) is 11.8 Å². The molecule has 0 bridgehead atoms. The van der Waals surface area contributed by atoms with Crippen LogP contribution in [0.15, 0.2) is 12.3 Å². The summed E-state index contributed by atoms with van der Waals surface area (Å²) in [5.74, 6) is -1.04. The van der Waals surface area contributed by atoms with Crippen molar-refractivity contribution in [2.45, 2.75) is 20.8 Å². The number of nitriles is 1. The van der Waals surface area contributed by atoms with Gasteiger partial charge in [0.1, 0.15) is 11.6 Å². The van der Waals surface area contributed by atoms with Crippen molar-refractivity contribution >= 4 is 5.97 Å². The zero-order chi connectivity index (χ0) is 14.2. The number of hydrogen-bond donors (Lipinski definition) is 1. The highest BCUT2D eigenvalue weighted by molar-refractivity contribution is 5.88. The first-order chi connectivity index (χ1) is 8.93. The number of nitrogens with zero attached hydrogens (tertiary/aromatic N) is 4. The van der Waals surface area contributed by atoms with E-state index in [1.807, 2.05) is 6.92 Å². The van der Waals surface area contributed by atoms with E-state index in [2.05, 4.69) is 16.2 Å². The third kappa shape index (κ3) is 2.18. The topological polar surface area (TPSA) is 91.8 Å². The molecule has 0 radical (unpaired) electrons. The fraction of sp³-hybridized carbons (Fsp3) is 0.231. The van der Waals surface area contributed by atoms with Gasteiger partial charge < -0.3 is 5.11 Å². The van der Waals surface area contributed by atoms with E-state index in [1.54, 1.807) is 19.9 Å². The molecule has 0 saturated heterocycles. The van der Waals surface area contributed by atoms with E-state index in [1.165, 1.54) is 10.9 Å². The minimum absolute atomic E-state index is 0.121. The SMILES string of the molecule is Cc1cc(-n2cc(C(=O)O)c(C)n2)c(C#N)c(C)n1. The summed E-state index contributed by atoms with van der Waals surface area (Å²) in [7, 11) is 0. The largest absolute Gasteiger partial charge is 0.478 e. The monoisotopic (exact) mass is 256 g/mol. The second kappa shape index (κ2) is 4.53. The van der Waals surface area contributed by atoms with E-state index in [0.717, 1.165) is 5.69 Å². The van der Waals surface area contributed by atoms with Gasteiger partial charge in [-0.15, -0.1) is 0 Å². The van der Waals surface area contributed by atoms with Gasteiger partial charge in [-0.2, -0.15) is 10.4 Å². The predicted octanol–water partition coefficient (Wildman–Crippen LogP) is 1.76. The average Bonchev–Trinajstić information content (AvgIpc) is 2.70. The number of hydrogen-bond acceptors (Lipinski definition) is 4. The Labute approximate surface area is 109 Å². The van der Waals surface area contributed by atoms with E-state index in [0.29, 0.717) is 22.6 Å². The average molecular weight is 256 g/mol. The Morgan fingerprint density at radius 2 is 2.05 bits per heavy atom. The van der Waals surface area contributed by atoms with Crippen LogP contribution in [0.2, 0.25) is 0 Å². The van der Waals surface area contributed by atoms with E-state index >= 15 is 0 Å². The van der Waals surface area contributed by atoms with Gasteiger partial charge >= 0.3 is 5.97 Å². The van der Waals surface area contributed by atoms with Gasteiger partial charge in [0.2, 0.25) is 0 Å². The second-order valence-corrected chi connectivity index (χ2v) is 4.23. The summed E-state index contributed by atoms with van der Waals surface area (Å²) < 4.78 is 1.42. The normalized spacial score (nSPS) is 10.2. The second-order valence-electron chi connectivity index (χ2n) is 4.23. The highest BCUT2D eigenvalue weighted by Crippen LogP contribution is 2.19. The van der Waals surface area contributed by atoms with Crippen molar-refractivity contribution in [3.05, 3.63) is 40.5 Å². The Kier molecular flexibility index (Phi) is 3.05. The Hall–Kier alpha value is -2.68. The third-order valence-corrected chi connectivity index (χ3v) is 2.80. The molecule has 1 N–H and O–H groups in total. The van der Waals surface area contributed by atoms with Crippen LogP contribution in [-0.2, 0) is 0 Å². The Morgan fingerprint density at radius 3 is 2.58 bits per heavy atom. The summed E-state index contributed by atoms with van der Waals surface area (Å²) in [5, 5.41) is 22.4. The van der Waals surface area contributed by atoms with Crippen molar-refractivity contribution < 1.29 is 9.90 Å². The number of carbonyl (C=O) groups is 1. The van der Waals surface area contributed by atoms with E-state index < -0.39 is 5.97 Å². The number of pyridine rings is 1. The lowest BCUT2D eigenvalue weighted by Crippen LogP contribution is -2.03. The predicted molar refractivity (Wildman–Crippen MR) is 67.2 cm³/mol. The molecule has 0 aromatic carbocycles. The van der Waals surface area contributed by atoms with Gasteiger partial charge in [-0.1, -0.05) is 0 Å². The summed E-state index contributed by atoms with van der Waals surface area (Å²) in [5.41, 5.74) is 2.81. The quantitative estimate of drug-likeness (QED) is 0.883. The minimum atomic E-state index is -1.04. The van der Waals surface area contributed by atoms with Gasteiger partial charge in [0.15, 0.2) is 0 Å². The first-order valence-electron chi connectivity index (χ1n) is 5.62. The molecule has 0 fully saturated rings. The van der Waals surface area contributed by atoms with Crippen LogP contribution < -0.4 is 0 Å². The number of aromatic carboxylic acids is 1. The molecule has 0 aliphatic heterocycles. The maximum Gasteiger partial charge on any atom is 0.339 e. The Balaban J connectivity index is 2.69. The zero-order valence-corrected chi connectivity index (χ0v) is 10.8. The van der Waals surface area contributed by atoms with Crippen LogP contribution in [0.25, 0.3) is 5.69 Å². The van der Waals surface area contributed by atoms with Crippen molar-refractivity contribution in [2.75, 3.05) is 0 Å². The van der Waals surface area contributed by atoms with Crippen LogP contribution in [0.3, 0.4) is 0 Å². The van der Waals surface area contributed by atoms with E-state index in [9.17, 15) is 10.1 Å². The van der Waals surface area contributed by atoms with Crippen molar-refractivity contribution in [1.82, 2.24) is 14.8 Å². The maximum absolute atomic E-state index is 11.0. The summed E-state index contributed by atoms with van der Waals surface area (Å²) >= 11 is 0. The van der Waals surface area contributed by atoms with Crippen LogP contribution in [0, 0.1) is 32.1 Å². The molecule has 0 unspecified atom stereocenters. The zero-order valence-electron chi connectivity index (χ0n) is 10.8. The third-order valence-electron chi connectivity index (χ3n) is 2.80. The van der Waals surface area contributed by atoms with E-state index in [4.69, 9.17) is 5.11 Å². The van der Waals surface area contributed by atoms with Crippen LogP contribution in [0.4, 0.5) is 0 Å². The molecule has 2 aromatic heterocycles. The Bertz CT molecular complexity index is 710. The van der Waals surface area contributed by atoms with Gasteiger partial charge in [0.25, 0.3) is 0 Å². The molecule has 6 heteroatoms. The molecule has 0 amide bonds. The molecule has 0 aliphatic rings. The number of carboxylic acid groups (broad SMARTS) is 1. The molecule has 96 valence electrons. The molecule has 2 aromatic rings. The molecule has 6 nitrogen and oxygen atoms in total. The van der Waals surface area contributed by atoms with Crippen LogP contribution in [-0.4, -0.2) is 25.8 Å². The molecule has 2 heterocycles. The lowest BCUT2D eigenvalue weighted by atomic mass is 10.1.